The average Bonchev–Trinajstić information content (AvgIpc) is 2.13. The summed E-state index contributed by atoms with van der Waals surface area (Å²) in [7, 11) is 0. The zero-order valence-electron chi connectivity index (χ0n) is 11.0. The zero-order chi connectivity index (χ0) is 17.7. The van der Waals surface area contributed by atoms with Gasteiger partial charge in [0.05, 0.1) is 0 Å². The van der Waals surface area contributed by atoms with Crippen molar-refractivity contribution in [3.63, 3.8) is 0 Å². The summed E-state index contributed by atoms with van der Waals surface area (Å²) in [4.78, 5) is 35.6. The van der Waals surface area contributed by atoms with Crippen molar-refractivity contribution in [2.45, 2.75) is 0 Å². The van der Waals surface area contributed by atoms with Gasteiger partial charge in [-0.15, -0.1) is 6.54 Å². The van der Waals surface area contributed by atoms with Crippen molar-refractivity contribution in [1.29, 1.82) is 0 Å². The number of carboxylic acid groups (broad SMARTS) is 4. The van der Waals surface area contributed by atoms with Crippen molar-refractivity contribution in [2.75, 3.05) is 13.1 Å². The SMILES string of the molecule is [Ag].[CH2-]C(=O)O.[CH2-]C(=O)O.[CH2-]C(=O)O.[CH2-]C(=O)O.[NH-]CCN. The smallest absolute Gasteiger partial charge is 0.161 e. The predicted molar refractivity (Wildman–Crippen MR) is 70.2 cm³/mol. The summed E-state index contributed by atoms with van der Waals surface area (Å²) < 4.78 is 0. The third-order valence-electron chi connectivity index (χ3n) is 0.144. The van der Waals surface area contributed by atoms with Gasteiger partial charge in [0.1, 0.15) is 0 Å². The maximum absolute atomic E-state index is 8.89. The van der Waals surface area contributed by atoms with Crippen LogP contribution in [0.5, 0.6) is 0 Å². The first-order valence-corrected chi connectivity index (χ1v) is 4.39. The van der Waals surface area contributed by atoms with Crippen molar-refractivity contribution >= 4 is 23.9 Å². The Kier molecular flexibility index (Phi) is 62.7. The molecule has 0 aromatic carbocycles. The minimum absolute atomic E-state index is 0. The van der Waals surface area contributed by atoms with Crippen LogP contribution in [0.25, 0.3) is 5.73 Å². The Labute approximate surface area is 138 Å². The largest absolute Gasteiger partial charge is 0.676 e. The van der Waals surface area contributed by atoms with Gasteiger partial charge in [0.15, 0.2) is 23.9 Å². The van der Waals surface area contributed by atoms with Crippen LogP contribution in [-0.4, -0.2) is 57.4 Å². The number of hydrogen-bond acceptors (Lipinski definition) is 5. The van der Waals surface area contributed by atoms with Gasteiger partial charge < -0.3 is 31.9 Å². The van der Waals surface area contributed by atoms with Crippen LogP contribution in [-0.2, 0) is 41.6 Å². The molecule has 21 heavy (non-hydrogen) atoms. The Balaban J connectivity index is -0.0000000331. The van der Waals surface area contributed by atoms with Crippen molar-refractivity contribution in [3.05, 3.63) is 33.4 Å². The summed E-state index contributed by atoms with van der Waals surface area (Å²) >= 11 is 0. The predicted octanol–water partition coefficient (Wildman–Crippen LogP) is -0.385. The van der Waals surface area contributed by atoms with Gasteiger partial charge >= 0.3 is 0 Å². The Bertz CT molecular complexity index is 195. The Morgan fingerprint density at radius 2 is 0.810 bits per heavy atom. The van der Waals surface area contributed by atoms with Gasteiger partial charge in [0, 0.05) is 22.4 Å². The van der Waals surface area contributed by atoms with Crippen molar-refractivity contribution < 1.29 is 62.0 Å². The number of aliphatic carboxylic acids is 4. The summed E-state index contributed by atoms with van der Waals surface area (Å²) in [5.41, 5.74) is 11.2. The van der Waals surface area contributed by atoms with Crippen LogP contribution < -0.4 is 5.73 Å². The third kappa shape index (κ3) is 4820. The van der Waals surface area contributed by atoms with Crippen LogP contribution >= 0.6 is 0 Å². The first kappa shape index (κ1) is 36.4. The van der Waals surface area contributed by atoms with Crippen molar-refractivity contribution in [1.82, 2.24) is 0 Å². The second kappa shape index (κ2) is 36.1. The topological polar surface area (TPSA) is 199 Å². The summed E-state index contributed by atoms with van der Waals surface area (Å²) in [5.74, 6) is -4.33. The molecule has 0 aliphatic rings. The van der Waals surface area contributed by atoms with Gasteiger partial charge in [-0.25, -0.2) is 0 Å². The quantitative estimate of drug-likeness (QED) is 0.286. The van der Waals surface area contributed by atoms with Crippen LogP contribution in [0.4, 0.5) is 0 Å². The molecule has 0 aliphatic heterocycles. The molecule has 7 N–H and O–H groups in total. The maximum atomic E-state index is 8.89. The van der Waals surface area contributed by atoms with E-state index in [1.54, 1.807) is 0 Å². The number of hydrogen-bond donors (Lipinski definition) is 5. The first-order chi connectivity index (χ1) is 8.84. The van der Waals surface area contributed by atoms with Crippen LogP contribution in [0.3, 0.4) is 0 Å². The molecule has 0 heterocycles. The Morgan fingerprint density at radius 1 is 0.762 bits per heavy atom. The van der Waals surface area contributed by atoms with Crippen molar-refractivity contribution in [2.24, 2.45) is 5.73 Å². The van der Waals surface area contributed by atoms with Crippen LogP contribution in [0, 0.1) is 27.7 Å². The van der Waals surface area contributed by atoms with E-state index in [-0.39, 0.29) is 22.4 Å². The van der Waals surface area contributed by atoms with Gasteiger partial charge in [0.2, 0.25) is 0 Å². The number of rotatable bonds is 1. The van der Waals surface area contributed by atoms with Gasteiger partial charge in [-0.05, 0) is 6.54 Å². The molecule has 11 heteroatoms. The first-order valence-electron chi connectivity index (χ1n) is 4.39. The van der Waals surface area contributed by atoms with E-state index in [2.05, 4.69) is 27.7 Å². The van der Waals surface area contributed by atoms with E-state index in [0.29, 0.717) is 13.1 Å². The number of carbonyl (C=O) groups is 4. The second-order valence-electron chi connectivity index (χ2n) is 2.11. The molecule has 0 bridgehead atoms. The van der Waals surface area contributed by atoms with Crippen LogP contribution in [0.1, 0.15) is 0 Å². The van der Waals surface area contributed by atoms with E-state index in [4.69, 9.17) is 51.1 Å². The molecule has 1 radical (unpaired) electrons. The monoisotopic (exact) mass is 402 g/mol. The van der Waals surface area contributed by atoms with Crippen LogP contribution in [0.2, 0.25) is 0 Å². The molecule has 0 aliphatic carbocycles. The molecule has 0 aromatic heterocycles. The van der Waals surface area contributed by atoms with Gasteiger partial charge in [-0.2, -0.15) is 0 Å². The molecule has 0 unspecified atom stereocenters. The summed E-state index contributed by atoms with van der Waals surface area (Å²) in [6, 6.07) is 0. The molecule has 0 saturated heterocycles. The number of carboxylic acids is 4. The van der Waals surface area contributed by atoms with Crippen LogP contribution in [0.15, 0.2) is 0 Å². The molecule has 133 valence electrons. The summed E-state index contributed by atoms with van der Waals surface area (Å²) in [6.45, 7) is 11.1. The second-order valence-corrected chi connectivity index (χ2v) is 2.11. The van der Waals surface area contributed by atoms with E-state index in [0.717, 1.165) is 0 Å². The molecule has 0 spiro atoms. The number of nitrogens with two attached hydrogens (primary N) is 1. The summed E-state index contributed by atoms with van der Waals surface area (Å²) in [6.07, 6.45) is 0. The van der Waals surface area contributed by atoms with E-state index >= 15 is 0 Å². The van der Waals surface area contributed by atoms with E-state index < -0.39 is 23.9 Å². The normalized spacial score (nSPS) is 6.00. The molecular formula is C10H19AgN2O8-5. The fourth-order valence-corrected chi connectivity index (χ4v) is 0. The van der Waals surface area contributed by atoms with Gasteiger partial charge in [-0.1, -0.05) is 0 Å². The number of nitrogens with one attached hydrogen (secondary N) is 1. The fraction of sp³-hybridized carbons (Fsp3) is 0.200. The van der Waals surface area contributed by atoms with E-state index in [1.807, 2.05) is 0 Å². The molecule has 0 atom stereocenters. The average molecular weight is 403 g/mol. The van der Waals surface area contributed by atoms with E-state index in [1.165, 1.54) is 0 Å². The standard InChI is InChI=1S/C2H7N2.4C2H3O2.Ag/c3-1-2-4;4*1-2(3)4;/h3H,1-2,4H2;4*1H2,(H,3,4);/q5*-1;. The Morgan fingerprint density at radius 3 is 0.810 bits per heavy atom. The van der Waals surface area contributed by atoms with Crippen molar-refractivity contribution in [3.8, 4) is 0 Å². The summed E-state index contributed by atoms with van der Waals surface area (Å²) in [5, 5.41) is 29.2. The molecule has 10 nitrogen and oxygen atoms in total. The van der Waals surface area contributed by atoms with Gasteiger partial charge in [0.25, 0.3) is 0 Å². The molecule has 0 rings (SSSR count). The molecule has 0 fully saturated rings. The molecule has 0 amide bonds. The molecule has 0 aromatic rings. The van der Waals surface area contributed by atoms with Gasteiger partial charge in [-0.3, -0.25) is 46.9 Å². The minimum Gasteiger partial charge on any atom is -0.676 e. The molecule has 0 saturated carbocycles. The Hall–Kier alpha value is -1.98. The van der Waals surface area contributed by atoms with E-state index in [9.17, 15) is 0 Å². The maximum Gasteiger partial charge on any atom is 0.161 e. The zero-order valence-corrected chi connectivity index (χ0v) is 12.5. The fourth-order valence-electron chi connectivity index (χ4n) is 0. The molecular weight excluding hydrogens is 384 g/mol. The third-order valence-corrected chi connectivity index (χ3v) is 0.144. The minimum atomic E-state index is -1.08.